The van der Waals surface area contributed by atoms with Gasteiger partial charge in [-0.15, -0.1) is 0 Å². The number of halogens is 2. The van der Waals surface area contributed by atoms with Crippen molar-refractivity contribution in [1.29, 1.82) is 0 Å². The predicted molar refractivity (Wildman–Crippen MR) is 104 cm³/mol. The Morgan fingerprint density at radius 1 is 1.08 bits per heavy atom. The lowest BCUT2D eigenvalue weighted by molar-refractivity contribution is 0.306. The van der Waals surface area contributed by atoms with Gasteiger partial charge in [0.25, 0.3) is 0 Å². The summed E-state index contributed by atoms with van der Waals surface area (Å²) in [5.74, 6) is 0.506. The number of ether oxygens (including phenoxy) is 1. The molecule has 2 aromatic carbocycles. The van der Waals surface area contributed by atoms with E-state index < -0.39 is 0 Å². The molecule has 1 aliphatic heterocycles. The van der Waals surface area contributed by atoms with Gasteiger partial charge in [0, 0.05) is 18.7 Å². The summed E-state index contributed by atoms with van der Waals surface area (Å²) in [6, 6.07) is 11.9. The van der Waals surface area contributed by atoms with Crippen molar-refractivity contribution in [1.82, 2.24) is 4.90 Å². The summed E-state index contributed by atoms with van der Waals surface area (Å²) in [5, 5.41) is 0.984. The maximum absolute atomic E-state index is 6.39. The van der Waals surface area contributed by atoms with E-state index in [4.69, 9.17) is 40.2 Å². The lowest BCUT2D eigenvalue weighted by Crippen LogP contribution is -2.26. The van der Waals surface area contributed by atoms with Crippen molar-refractivity contribution in [3.8, 4) is 5.75 Å². The van der Waals surface area contributed by atoms with Crippen LogP contribution in [0.1, 0.15) is 29.5 Å². The Labute approximate surface area is 158 Å². The minimum Gasteiger partial charge on any atom is -0.486 e. The van der Waals surface area contributed by atoms with Gasteiger partial charge in [0.15, 0.2) is 5.75 Å². The molecule has 0 amide bonds. The third-order valence-corrected chi connectivity index (χ3v) is 5.20. The zero-order valence-electron chi connectivity index (χ0n) is 13.5. The summed E-state index contributed by atoms with van der Waals surface area (Å²) in [6.07, 6.45) is 2.36. The zero-order valence-corrected chi connectivity index (χ0v) is 15.8. The highest BCUT2D eigenvalue weighted by Crippen LogP contribution is 2.35. The average Bonchev–Trinajstić information content (AvgIpc) is 3.09. The lowest BCUT2D eigenvalue weighted by atomic mass is 10.1. The smallest absolute Gasteiger partial charge is 0.157 e. The van der Waals surface area contributed by atoms with Crippen LogP contribution < -0.4 is 4.74 Å². The number of aryl methyl sites for hydroxylation is 1. The second-order valence-electron chi connectivity index (χ2n) is 6.04. The minimum atomic E-state index is 0.426. The molecular formula is C19H19Cl2NOS. The number of thiocarbonyl (C=S) groups is 1. The topological polar surface area (TPSA) is 12.5 Å². The molecular weight excluding hydrogens is 361 g/mol. The van der Waals surface area contributed by atoms with Crippen molar-refractivity contribution in [3.05, 3.63) is 63.1 Å². The first-order valence-corrected chi connectivity index (χ1v) is 9.17. The number of rotatable bonds is 4. The van der Waals surface area contributed by atoms with Gasteiger partial charge in [-0.3, -0.25) is 0 Å². The molecule has 0 unspecified atom stereocenters. The normalized spacial score (nSPS) is 14.0. The summed E-state index contributed by atoms with van der Waals surface area (Å²) in [4.78, 5) is 3.01. The Morgan fingerprint density at radius 3 is 2.25 bits per heavy atom. The van der Waals surface area contributed by atoms with E-state index in [1.54, 1.807) is 0 Å². The van der Waals surface area contributed by atoms with Crippen LogP contribution >= 0.6 is 35.4 Å². The third-order valence-electron chi connectivity index (χ3n) is 4.14. The second-order valence-corrected chi connectivity index (χ2v) is 7.24. The molecule has 0 spiro atoms. The highest BCUT2D eigenvalue weighted by Gasteiger charge is 2.19. The first-order chi connectivity index (χ1) is 11.5. The van der Waals surface area contributed by atoms with Crippen molar-refractivity contribution in [2.75, 3.05) is 13.1 Å². The van der Waals surface area contributed by atoms with Gasteiger partial charge in [-0.25, -0.2) is 0 Å². The fourth-order valence-electron chi connectivity index (χ4n) is 2.76. The number of benzene rings is 2. The molecule has 2 nitrogen and oxygen atoms in total. The number of hydrogen-bond acceptors (Lipinski definition) is 2. The standard InChI is InChI=1S/C19H19Cl2NOS/c1-13-4-6-14(7-5-13)12-23-18-16(20)10-15(11-17(18)21)19(24)22-8-2-3-9-22/h4-7,10-11H,2-3,8-9,12H2,1H3. The van der Waals surface area contributed by atoms with Crippen LogP contribution in [-0.2, 0) is 6.61 Å². The van der Waals surface area contributed by atoms with Crippen molar-refractivity contribution >= 4 is 40.4 Å². The molecule has 24 heavy (non-hydrogen) atoms. The van der Waals surface area contributed by atoms with E-state index in [-0.39, 0.29) is 0 Å². The van der Waals surface area contributed by atoms with E-state index in [1.807, 2.05) is 24.3 Å². The Bertz CT molecular complexity index is 717. The molecule has 0 bridgehead atoms. The molecule has 1 fully saturated rings. The Morgan fingerprint density at radius 2 is 1.67 bits per heavy atom. The van der Waals surface area contributed by atoms with Crippen LogP contribution in [0.4, 0.5) is 0 Å². The molecule has 1 heterocycles. The molecule has 5 heteroatoms. The summed E-state index contributed by atoms with van der Waals surface area (Å²) >= 11 is 18.3. The SMILES string of the molecule is Cc1ccc(COc2c(Cl)cc(C(=S)N3CCCC3)cc2Cl)cc1. The Hall–Kier alpha value is -1.29. The van der Waals surface area contributed by atoms with Gasteiger partial charge >= 0.3 is 0 Å². The second kappa shape index (κ2) is 7.73. The average molecular weight is 380 g/mol. The first kappa shape index (κ1) is 17.5. The Balaban J connectivity index is 1.74. The highest BCUT2D eigenvalue weighted by atomic mass is 35.5. The summed E-state index contributed by atoms with van der Waals surface area (Å²) in [5.41, 5.74) is 3.17. The van der Waals surface area contributed by atoms with Crippen LogP contribution in [0.3, 0.4) is 0 Å². The van der Waals surface area contributed by atoms with Crippen LogP contribution in [0, 0.1) is 6.92 Å². The fraction of sp³-hybridized carbons (Fsp3) is 0.316. The summed E-state index contributed by atoms with van der Waals surface area (Å²) in [7, 11) is 0. The fourth-order valence-corrected chi connectivity index (χ4v) is 3.66. The quantitative estimate of drug-likeness (QED) is 0.636. The van der Waals surface area contributed by atoms with Crippen molar-refractivity contribution < 1.29 is 4.74 Å². The van der Waals surface area contributed by atoms with E-state index in [0.717, 1.165) is 29.2 Å². The van der Waals surface area contributed by atoms with E-state index in [0.29, 0.717) is 22.4 Å². The Kier molecular flexibility index (Phi) is 5.65. The molecule has 3 rings (SSSR count). The van der Waals surface area contributed by atoms with Gasteiger partial charge in [-0.05, 0) is 37.5 Å². The molecule has 0 radical (unpaired) electrons. The molecule has 0 N–H and O–H groups in total. The van der Waals surface area contributed by atoms with E-state index in [2.05, 4.69) is 24.0 Å². The molecule has 0 atom stereocenters. The lowest BCUT2D eigenvalue weighted by Gasteiger charge is -2.20. The first-order valence-electron chi connectivity index (χ1n) is 8.01. The van der Waals surface area contributed by atoms with Crippen molar-refractivity contribution in [3.63, 3.8) is 0 Å². The van der Waals surface area contributed by atoms with Crippen LogP contribution in [0.25, 0.3) is 0 Å². The van der Waals surface area contributed by atoms with Crippen LogP contribution in [0.2, 0.25) is 10.0 Å². The van der Waals surface area contributed by atoms with Crippen molar-refractivity contribution in [2.24, 2.45) is 0 Å². The molecule has 0 aliphatic carbocycles. The molecule has 0 aromatic heterocycles. The van der Waals surface area contributed by atoms with Crippen LogP contribution in [0.5, 0.6) is 5.75 Å². The van der Waals surface area contributed by atoms with Crippen LogP contribution in [-0.4, -0.2) is 23.0 Å². The van der Waals surface area contributed by atoms with E-state index in [9.17, 15) is 0 Å². The maximum Gasteiger partial charge on any atom is 0.157 e. The highest BCUT2D eigenvalue weighted by molar-refractivity contribution is 7.80. The monoisotopic (exact) mass is 379 g/mol. The predicted octanol–water partition coefficient (Wildman–Crippen LogP) is 5.65. The van der Waals surface area contributed by atoms with Gasteiger partial charge in [0.2, 0.25) is 0 Å². The van der Waals surface area contributed by atoms with E-state index in [1.165, 1.54) is 18.4 Å². The largest absolute Gasteiger partial charge is 0.486 e. The molecule has 2 aromatic rings. The van der Waals surface area contributed by atoms with E-state index >= 15 is 0 Å². The van der Waals surface area contributed by atoms with Gasteiger partial charge < -0.3 is 9.64 Å². The van der Waals surface area contributed by atoms with Gasteiger partial charge in [0.05, 0.1) is 10.0 Å². The zero-order chi connectivity index (χ0) is 17.1. The molecule has 1 aliphatic rings. The van der Waals surface area contributed by atoms with Crippen LogP contribution in [0.15, 0.2) is 36.4 Å². The third kappa shape index (κ3) is 4.02. The number of hydrogen-bond donors (Lipinski definition) is 0. The number of likely N-dealkylation sites (tertiary alicyclic amines) is 1. The molecule has 126 valence electrons. The minimum absolute atomic E-state index is 0.426. The van der Waals surface area contributed by atoms with Crippen molar-refractivity contribution in [2.45, 2.75) is 26.4 Å². The summed E-state index contributed by atoms with van der Waals surface area (Å²) < 4.78 is 5.83. The maximum atomic E-state index is 6.39. The van der Waals surface area contributed by atoms with Gasteiger partial charge in [-0.2, -0.15) is 0 Å². The van der Waals surface area contributed by atoms with Gasteiger partial charge in [0.1, 0.15) is 11.6 Å². The molecule has 0 saturated carbocycles. The summed E-state index contributed by atoms with van der Waals surface area (Å²) in [6.45, 7) is 4.48. The van der Waals surface area contributed by atoms with Gasteiger partial charge in [-0.1, -0.05) is 65.2 Å². The number of nitrogens with zero attached hydrogens (tertiary/aromatic N) is 1. The molecule has 1 saturated heterocycles.